The molecule has 9 nitrogen and oxygen atoms in total. The normalized spacial score (nSPS) is 11.9. The van der Waals surface area contributed by atoms with E-state index in [-0.39, 0.29) is 22.2 Å². The second kappa shape index (κ2) is 9.46. The third kappa shape index (κ3) is 5.24. The van der Waals surface area contributed by atoms with Gasteiger partial charge < -0.3 is 0 Å². The Balaban J connectivity index is 1.57. The molecule has 1 amide bonds. The Labute approximate surface area is 199 Å². The van der Waals surface area contributed by atoms with Crippen LogP contribution in [0.5, 0.6) is 0 Å². The number of halogens is 3. The van der Waals surface area contributed by atoms with Crippen LogP contribution < -0.4 is 5.43 Å². The molecule has 0 saturated heterocycles. The van der Waals surface area contributed by atoms with Crippen molar-refractivity contribution < 1.29 is 22.9 Å². The fraction of sp³-hybridized carbons (Fsp3) is 0.0909. The lowest BCUT2D eigenvalue weighted by Gasteiger charge is -2.04. The Hall–Kier alpha value is -4.39. The molecule has 0 spiro atoms. The van der Waals surface area contributed by atoms with E-state index in [1.807, 2.05) is 0 Å². The van der Waals surface area contributed by atoms with Crippen LogP contribution >= 0.6 is 11.3 Å². The van der Waals surface area contributed by atoms with Gasteiger partial charge in [-0.1, -0.05) is 30.3 Å². The van der Waals surface area contributed by atoms with Crippen LogP contribution in [0.25, 0.3) is 16.4 Å². The third-order valence-corrected chi connectivity index (χ3v) is 5.61. The number of carbonyl (C=O) groups is 1. The van der Waals surface area contributed by atoms with Crippen LogP contribution in [0.4, 0.5) is 18.9 Å². The summed E-state index contributed by atoms with van der Waals surface area (Å²) in [5, 5.41) is 19.8. The maximum absolute atomic E-state index is 13.3. The molecule has 2 aromatic heterocycles. The molecule has 0 atom stereocenters. The lowest BCUT2D eigenvalue weighted by molar-refractivity contribution is -0.384. The van der Waals surface area contributed by atoms with Crippen molar-refractivity contribution in [2.75, 3.05) is 0 Å². The fourth-order valence-corrected chi connectivity index (χ4v) is 3.79. The molecule has 1 N–H and O–H groups in total. The Morgan fingerprint density at radius 2 is 1.83 bits per heavy atom. The molecule has 0 bridgehead atoms. The Kier molecular flexibility index (Phi) is 6.42. The molecule has 4 rings (SSSR count). The summed E-state index contributed by atoms with van der Waals surface area (Å²) in [6.07, 6.45) is -4.66. The highest BCUT2D eigenvalue weighted by molar-refractivity contribution is 7.12. The summed E-state index contributed by atoms with van der Waals surface area (Å²) < 4.78 is 41.0. The van der Waals surface area contributed by atoms with Gasteiger partial charge in [0.15, 0.2) is 5.69 Å². The van der Waals surface area contributed by atoms with Crippen molar-refractivity contribution in [2.45, 2.75) is 13.1 Å². The first kappa shape index (κ1) is 23.8. The number of nitrogens with zero attached hydrogens (tertiary/aromatic N) is 5. The first-order valence-electron chi connectivity index (χ1n) is 9.91. The predicted octanol–water partition coefficient (Wildman–Crippen LogP) is 5.08. The zero-order valence-corrected chi connectivity index (χ0v) is 18.7. The van der Waals surface area contributed by atoms with Crippen LogP contribution in [-0.4, -0.2) is 31.3 Å². The number of thiazole rings is 1. The molecule has 0 saturated carbocycles. The lowest BCUT2D eigenvalue weighted by atomic mass is 10.1. The number of nitrogens with one attached hydrogen (secondary N) is 1. The van der Waals surface area contributed by atoms with E-state index in [4.69, 9.17) is 0 Å². The summed E-state index contributed by atoms with van der Waals surface area (Å²) in [4.78, 5) is 26.9. The minimum atomic E-state index is -4.66. The Bertz CT molecular complexity index is 1410. The summed E-state index contributed by atoms with van der Waals surface area (Å²) in [5.41, 5.74) is 2.71. The second-order valence-electron chi connectivity index (χ2n) is 7.15. The highest BCUT2D eigenvalue weighted by atomic mass is 32.1. The first-order chi connectivity index (χ1) is 16.6. The zero-order chi connectivity index (χ0) is 25.2. The minimum absolute atomic E-state index is 0.0617. The van der Waals surface area contributed by atoms with E-state index in [9.17, 15) is 28.1 Å². The summed E-state index contributed by atoms with van der Waals surface area (Å²) in [6, 6.07) is 14.9. The SMILES string of the molecule is C/C(=N/NC(=O)c1csc(-n2nc(C(F)(F)F)cc2-c2ccccc2)n1)c1ccc([N+](=O)[O-])cc1. The summed E-state index contributed by atoms with van der Waals surface area (Å²) in [5.74, 6) is -0.682. The summed E-state index contributed by atoms with van der Waals surface area (Å²) >= 11 is 0.948. The van der Waals surface area contributed by atoms with Gasteiger partial charge in [-0.15, -0.1) is 11.3 Å². The van der Waals surface area contributed by atoms with Gasteiger partial charge in [-0.05, 0) is 30.7 Å². The van der Waals surface area contributed by atoms with Crippen molar-refractivity contribution in [1.29, 1.82) is 0 Å². The number of rotatable bonds is 6. The number of benzene rings is 2. The molecule has 178 valence electrons. The molecule has 35 heavy (non-hydrogen) atoms. The Morgan fingerprint density at radius 3 is 2.46 bits per heavy atom. The van der Waals surface area contributed by atoms with Crippen molar-refractivity contribution >= 4 is 28.6 Å². The predicted molar refractivity (Wildman–Crippen MR) is 122 cm³/mol. The standard InChI is InChI=1S/C22H15F3N6O3S/c1-13(14-7-9-16(10-8-14)31(33)34)27-28-20(32)17-12-35-21(26-17)30-18(15-5-3-2-4-6-15)11-19(29-30)22(23,24)25/h2-12H,1H3,(H,28,32)/b27-13-. The number of hydrogen-bond acceptors (Lipinski definition) is 7. The molecule has 0 unspecified atom stereocenters. The summed E-state index contributed by atoms with van der Waals surface area (Å²) in [6.45, 7) is 1.60. The van der Waals surface area contributed by atoms with Crippen molar-refractivity contribution in [1.82, 2.24) is 20.2 Å². The largest absolute Gasteiger partial charge is 0.435 e. The van der Waals surface area contributed by atoms with Gasteiger partial charge in [0, 0.05) is 23.1 Å². The fourth-order valence-electron chi connectivity index (χ4n) is 3.03. The van der Waals surface area contributed by atoms with E-state index in [0.29, 0.717) is 16.8 Å². The topological polar surface area (TPSA) is 115 Å². The molecular formula is C22H15F3N6O3S. The lowest BCUT2D eigenvalue weighted by Crippen LogP contribution is -2.20. The number of nitro groups is 1. The van der Waals surface area contributed by atoms with E-state index in [1.54, 1.807) is 37.3 Å². The number of hydrogen-bond donors (Lipinski definition) is 1. The van der Waals surface area contributed by atoms with Gasteiger partial charge in [0.1, 0.15) is 5.69 Å². The van der Waals surface area contributed by atoms with Crippen molar-refractivity contribution in [3.63, 3.8) is 0 Å². The third-order valence-electron chi connectivity index (χ3n) is 4.80. The second-order valence-corrected chi connectivity index (χ2v) is 7.98. The average Bonchev–Trinajstić information content (AvgIpc) is 3.50. The number of alkyl halides is 3. The number of nitro benzene ring substituents is 1. The van der Waals surface area contributed by atoms with E-state index in [2.05, 4.69) is 20.6 Å². The quantitative estimate of drug-likeness (QED) is 0.225. The molecule has 2 heterocycles. The van der Waals surface area contributed by atoms with Crippen molar-refractivity contribution in [3.8, 4) is 16.4 Å². The number of aromatic nitrogens is 3. The Morgan fingerprint density at radius 1 is 1.14 bits per heavy atom. The zero-order valence-electron chi connectivity index (χ0n) is 17.9. The van der Waals surface area contributed by atoms with Gasteiger partial charge >= 0.3 is 6.18 Å². The number of carbonyl (C=O) groups excluding carboxylic acids is 1. The van der Waals surface area contributed by atoms with E-state index >= 15 is 0 Å². The molecule has 4 aromatic rings. The van der Waals surface area contributed by atoms with Crippen LogP contribution in [0.2, 0.25) is 0 Å². The highest BCUT2D eigenvalue weighted by Gasteiger charge is 2.35. The number of amides is 1. The monoisotopic (exact) mass is 500 g/mol. The van der Waals surface area contributed by atoms with E-state index in [0.717, 1.165) is 22.1 Å². The van der Waals surface area contributed by atoms with Gasteiger partial charge in [0.05, 0.1) is 16.3 Å². The van der Waals surface area contributed by atoms with Crippen molar-refractivity contribution in [2.24, 2.45) is 5.10 Å². The van der Waals surface area contributed by atoms with Gasteiger partial charge in [-0.2, -0.15) is 23.4 Å². The van der Waals surface area contributed by atoms with Gasteiger partial charge in [-0.25, -0.2) is 15.1 Å². The van der Waals surface area contributed by atoms with E-state index in [1.165, 1.54) is 29.6 Å². The van der Waals surface area contributed by atoms with E-state index < -0.39 is 22.7 Å². The summed E-state index contributed by atoms with van der Waals surface area (Å²) in [7, 11) is 0. The molecule has 2 aromatic carbocycles. The minimum Gasteiger partial charge on any atom is -0.266 e. The molecule has 0 aliphatic carbocycles. The van der Waals surface area contributed by atoms with Gasteiger partial charge in [-0.3, -0.25) is 14.9 Å². The maximum Gasteiger partial charge on any atom is 0.435 e. The van der Waals surface area contributed by atoms with Crippen LogP contribution in [0.1, 0.15) is 28.7 Å². The molecule has 13 heteroatoms. The maximum atomic E-state index is 13.3. The number of hydrazone groups is 1. The van der Waals surface area contributed by atoms with Gasteiger partial charge in [0.25, 0.3) is 11.6 Å². The molecule has 0 aliphatic rings. The van der Waals surface area contributed by atoms with Crippen LogP contribution in [0, 0.1) is 10.1 Å². The van der Waals surface area contributed by atoms with Crippen LogP contribution in [-0.2, 0) is 6.18 Å². The van der Waals surface area contributed by atoms with Crippen LogP contribution in [0.15, 0.2) is 71.1 Å². The molecule has 0 fully saturated rings. The van der Waals surface area contributed by atoms with Crippen molar-refractivity contribution in [3.05, 3.63) is 93.1 Å². The molecular weight excluding hydrogens is 485 g/mol. The number of non-ortho nitro benzene ring substituents is 1. The smallest absolute Gasteiger partial charge is 0.266 e. The highest BCUT2D eigenvalue weighted by Crippen LogP contribution is 2.33. The first-order valence-corrected chi connectivity index (χ1v) is 10.8. The molecule has 0 radical (unpaired) electrons. The molecule has 0 aliphatic heterocycles. The average molecular weight is 500 g/mol. The van der Waals surface area contributed by atoms with Gasteiger partial charge in [0.2, 0.25) is 5.13 Å². The van der Waals surface area contributed by atoms with Crippen LogP contribution in [0.3, 0.4) is 0 Å².